The molecule has 0 N–H and O–H groups in total. The zero-order valence-corrected chi connectivity index (χ0v) is 12.6. The molecule has 1 radical (unpaired) electrons. The molecule has 0 aliphatic carbocycles. The van der Waals surface area contributed by atoms with E-state index >= 15 is 0 Å². The van der Waals surface area contributed by atoms with E-state index in [4.69, 9.17) is 4.74 Å². The molecule has 16 heavy (non-hydrogen) atoms. The van der Waals surface area contributed by atoms with E-state index in [-0.39, 0.29) is 35.5 Å². The van der Waals surface area contributed by atoms with E-state index in [1.807, 2.05) is 24.3 Å². The van der Waals surface area contributed by atoms with E-state index in [1.165, 1.54) is 5.56 Å². The van der Waals surface area contributed by atoms with Crippen molar-refractivity contribution in [1.29, 1.82) is 0 Å². The number of carbonyl (C=O) groups is 1. The summed E-state index contributed by atoms with van der Waals surface area (Å²) < 4.78 is 5.08. The van der Waals surface area contributed by atoms with Crippen LogP contribution < -0.4 is 4.74 Å². The first-order valence-electron chi connectivity index (χ1n) is 5.41. The van der Waals surface area contributed by atoms with Crippen molar-refractivity contribution in [3.8, 4) is 5.75 Å². The monoisotopic (exact) mass is 229 g/mol. The summed E-state index contributed by atoms with van der Waals surface area (Å²) >= 11 is 0. The van der Waals surface area contributed by atoms with Gasteiger partial charge in [0.1, 0.15) is 5.75 Å². The molecule has 0 bridgehead atoms. The third kappa shape index (κ3) is 5.69. The molecule has 0 aliphatic rings. The Balaban J connectivity index is 0.00000225. The maximum Gasteiger partial charge on any atom is 0.310 e. The van der Waals surface area contributed by atoms with Gasteiger partial charge in [-0.3, -0.25) is 4.79 Å². The predicted octanol–water partition coefficient (Wildman–Crippen LogP) is 2.82. The number of esters is 1. The van der Waals surface area contributed by atoms with Crippen LogP contribution in [0.15, 0.2) is 24.3 Å². The Morgan fingerprint density at radius 2 is 1.81 bits per heavy atom. The van der Waals surface area contributed by atoms with E-state index in [2.05, 4.69) is 13.8 Å². The van der Waals surface area contributed by atoms with Crippen LogP contribution in [-0.2, 0) is 11.2 Å². The molecule has 0 aliphatic heterocycles. The van der Waals surface area contributed by atoms with Gasteiger partial charge < -0.3 is 4.74 Å². The molecule has 3 heteroatoms. The number of benzene rings is 1. The fourth-order valence-electron chi connectivity index (χ4n) is 1.37. The van der Waals surface area contributed by atoms with Crippen LogP contribution in [0.2, 0.25) is 0 Å². The van der Waals surface area contributed by atoms with Crippen LogP contribution in [0.1, 0.15) is 32.8 Å². The molecule has 0 heterocycles. The van der Waals surface area contributed by atoms with Crippen molar-refractivity contribution in [1.82, 2.24) is 0 Å². The quantitative estimate of drug-likeness (QED) is 0.451. The Morgan fingerprint density at radius 1 is 1.25 bits per heavy atom. The van der Waals surface area contributed by atoms with E-state index in [9.17, 15) is 4.79 Å². The van der Waals surface area contributed by atoms with Crippen LogP contribution in [0.4, 0.5) is 0 Å². The number of carbonyl (C=O) groups excluding carboxylic acids is 1. The Bertz CT molecular complexity index is 317. The van der Waals surface area contributed by atoms with Gasteiger partial charge in [-0.15, -0.1) is 0 Å². The minimum atomic E-state index is -0.188. The summed E-state index contributed by atoms with van der Waals surface area (Å²) in [7, 11) is 0. The molecular formula is C13H18NaO2. The van der Waals surface area contributed by atoms with E-state index in [0.29, 0.717) is 18.1 Å². The van der Waals surface area contributed by atoms with Crippen molar-refractivity contribution in [3.05, 3.63) is 29.8 Å². The summed E-state index contributed by atoms with van der Waals surface area (Å²) in [6, 6.07) is 7.73. The van der Waals surface area contributed by atoms with Crippen LogP contribution >= 0.6 is 0 Å². The van der Waals surface area contributed by atoms with Crippen molar-refractivity contribution in [2.45, 2.75) is 33.6 Å². The molecule has 0 fully saturated rings. The average molecular weight is 229 g/mol. The zero-order valence-electron chi connectivity index (χ0n) is 10.6. The van der Waals surface area contributed by atoms with Gasteiger partial charge >= 0.3 is 5.97 Å². The molecule has 1 aromatic rings. The van der Waals surface area contributed by atoms with Gasteiger partial charge in [0.25, 0.3) is 0 Å². The summed E-state index contributed by atoms with van der Waals surface area (Å²) in [5, 5.41) is 0. The summed E-state index contributed by atoms with van der Waals surface area (Å²) in [6.07, 6.45) is 1.47. The van der Waals surface area contributed by atoms with Gasteiger partial charge in [0.2, 0.25) is 0 Å². The van der Waals surface area contributed by atoms with Gasteiger partial charge in [0.05, 0.1) is 0 Å². The Labute approximate surface area is 120 Å². The average Bonchev–Trinajstić information content (AvgIpc) is 2.20. The molecule has 0 saturated heterocycles. The molecule has 1 rings (SSSR count). The van der Waals surface area contributed by atoms with Crippen molar-refractivity contribution in [2.75, 3.05) is 0 Å². The fraction of sp³-hybridized carbons (Fsp3) is 0.462. The van der Waals surface area contributed by atoms with Crippen molar-refractivity contribution >= 4 is 35.5 Å². The predicted molar refractivity (Wildman–Crippen MR) is 66.7 cm³/mol. The van der Waals surface area contributed by atoms with Gasteiger partial charge in [-0.1, -0.05) is 32.9 Å². The van der Waals surface area contributed by atoms with Gasteiger partial charge in [0.15, 0.2) is 0 Å². The van der Waals surface area contributed by atoms with Crippen LogP contribution in [0, 0.1) is 5.92 Å². The number of hydrogen-bond donors (Lipinski definition) is 0. The second kappa shape index (κ2) is 7.88. The molecule has 0 aromatic heterocycles. The van der Waals surface area contributed by atoms with E-state index in [1.54, 1.807) is 6.92 Å². The number of ether oxygens (including phenoxy) is 1. The summed E-state index contributed by atoms with van der Waals surface area (Å²) in [4.78, 5) is 11.0. The summed E-state index contributed by atoms with van der Waals surface area (Å²) in [5.74, 6) is 1.09. The topological polar surface area (TPSA) is 26.3 Å². The molecule has 0 saturated carbocycles. The second-order valence-corrected chi connectivity index (χ2v) is 4.07. The molecule has 0 atom stereocenters. The van der Waals surface area contributed by atoms with E-state index < -0.39 is 0 Å². The van der Waals surface area contributed by atoms with Crippen LogP contribution in [0.5, 0.6) is 5.75 Å². The zero-order chi connectivity index (χ0) is 11.3. The molecule has 1 aromatic carbocycles. The Kier molecular flexibility index (Phi) is 7.73. The Hall–Kier alpha value is -0.310. The molecule has 83 valence electrons. The molecule has 2 nitrogen and oxygen atoms in total. The normalized spacial score (nSPS) is 9.75. The molecule has 0 unspecified atom stereocenters. The van der Waals surface area contributed by atoms with Crippen LogP contribution in [0.3, 0.4) is 0 Å². The minimum Gasteiger partial charge on any atom is -0.427 e. The first kappa shape index (κ1) is 15.7. The van der Waals surface area contributed by atoms with Crippen LogP contribution in [-0.4, -0.2) is 35.5 Å². The third-order valence-corrected chi connectivity index (χ3v) is 2.09. The third-order valence-electron chi connectivity index (χ3n) is 2.09. The molecule has 0 spiro atoms. The van der Waals surface area contributed by atoms with Crippen LogP contribution in [0.25, 0.3) is 0 Å². The molecular weight excluding hydrogens is 211 g/mol. The summed E-state index contributed by atoms with van der Waals surface area (Å²) in [6.45, 7) is 6.16. The smallest absolute Gasteiger partial charge is 0.310 e. The maximum atomic E-state index is 11.0. The van der Waals surface area contributed by atoms with Crippen molar-refractivity contribution < 1.29 is 9.53 Å². The Morgan fingerprint density at radius 3 is 2.25 bits per heavy atom. The fourth-order valence-corrected chi connectivity index (χ4v) is 1.37. The van der Waals surface area contributed by atoms with E-state index in [0.717, 1.165) is 6.42 Å². The molecule has 0 amide bonds. The van der Waals surface area contributed by atoms with Gasteiger partial charge in [-0.05, 0) is 30.0 Å². The first-order valence-corrected chi connectivity index (χ1v) is 5.41. The van der Waals surface area contributed by atoms with Gasteiger partial charge in [0, 0.05) is 36.0 Å². The van der Waals surface area contributed by atoms with Gasteiger partial charge in [-0.2, -0.15) is 0 Å². The van der Waals surface area contributed by atoms with Gasteiger partial charge in [-0.25, -0.2) is 0 Å². The van der Waals surface area contributed by atoms with Crippen molar-refractivity contribution in [3.63, 3.8) is 0 Å². The number of rotatable bonds is 4. The van der Waals surface area contributed by atoms with Crippen molar-refractivity contribution in [2.24, 2.45) is 5.92 Å². The SMILES string of the molecule is CCC(=O)Oc1ccc(CC(C)C)cc1.[Na]. The summed E-state index contributed by atoms with van der Waals surface area (Å²) in [5.41, 5.74) is 1.28. The maximum absolute atomic E-state index is 11.0. The minimum absolute atomic E-state index is 0. The second-order valence-electron chi connectivity index (χ2n) is 4.07. The first-order chi connectivity index (χ1) is 7.11. The largest absolute Gasteiger partial charge is 0.427 e. The number of hydrogen-bond acceptors (Lipinski definition) is 2. The standard InChI is InChI=1S/C13H18O2.Na/c1-4-13(14)15-12-7-5-11(6-8-12)9-10(2)3;/h5-8,10H,4,9H2,1-3H3;.